The number of ether oxygens (including phenoxy) is 5. The molecule has 127 heavy (non-hydrogen) atoms. The van der Waals surface area contributed by atoms with E-state index in [-0.39, 0.29) is 58.7 Å². The van der Waals surface area contributed by atoms with Gasteiger partial charge < -0.3 is 72.8 Å². The third-order valence-corrected chi connectivity index (χ3v) is 16.7. The van der Waals surface area contributed by atoms with Gasteiger partial charge in [0.15, 0.2) is 11.6 Å². The normalized spacial score (nSPS) is 10.1. The Bertz CT molecular complexity index is 5960. The van der Waals surface area contributed by atoms with Gasteiger partial charge in [-0.15, -0.1) is 0 Å². The van der Waals surface area contributed by atoms with Crippen LogP contribution in [-0.2, 0) is 4.57 Å². The molecule has 0 fully saturated rings. The Morgan fingerprint density at radius 1 is 0.449 bits per heavy atom. The second-order valence-corrected chi connectivity index (χ2v) is 33.1. The number of nitrogens with one attached hydrogen (secondary N) is 3. The fourth-order valence-corrected chi connectivity index (χ4v) is 10.9. The second kappa shape index (κ2) is 55.9. The smallest absolute Gasteiger partial charge is 0.870 e. The number of aliphatic hydroxyl groups excluding tert-OH is 1. The summed E-state index contributed by atoms with van der Waals surface area (Å²) in [6.45, 7) is 15.2. The Labute approximate surface area is 778 Å². The van der Waals surface area contributed by atoms with Crippen molar-refractivity contribution in [1.82, 2.24) is 54.8 Å². The molecule has 4 amide bonds. The number of pyridine rings is 5. The number of nitrogens with zero attached hydrogens (tertiary/aromatic N) is 10. The van der Waals surface area contributed by atoms with E-state index in [4.69, 9.17) is 79.9 Å². The number of rotatable bonds is 26. The van der Waals surface area contributed by atoms with Crippen LogP contribution < -0.4 is 92.4 Å². The first-order valence-corrected chi connectivity index (χ1v) is 44.0. The van der Waals surface area contributed by atoms with E-state index in [1.165, 1.54) is 18.5 Å². The molecule has 0 bridgehead atoms. The zero-order valence-electron chi connectivity index (χ0n) is 70.2. The Kier molecular flexibility index (Phi) is 46.3. The molecule has 38 heteroatoms. The predicted molar refractivity (Wildman–Crippen MR) is 494 cm³/mol. The predicted octanol–water partition coefficient (Wildman–Crippen LogP) is 15.7. The average molecular weight is 1860 g/mol. The molecule has 14 rings (SSSR count). The largest absolute Gasteiger partial charge is 1.00 e. The van der Waals surface area contributed by atoms with Gasteiger partial charge in [-0.05, 0) is 248 Å². The molecule has 13 N–H and O–H groups in total. The van der Waals surface area contributed by atoms with E-state index < -0.39 is 28.2 Å². The summed E-state index contributed by atoms with van der Waals surface area (Å²) in [6.07, 6.45) is 20.8. The summed E-state index contributed by atoms with van der Waals surface area (Å²) in [5, 5.41) is 12.3. The van der Waals surface area contributed by atoms with Crippen molar-refractivity contribution < 1.29 is 92.4 Å². The molecule has 0 saturated carbocycles. The maximum atomic E-state index is 12.2. The molecule has 0 unspecified atom stereocenters. The topological polar surface area (TPSA) is 489 Å². The number of halogens is 5. The van der Waals surface area contributed by atoms with Crippen molar-refractivity contribution in [3.63, 3.8) is 0 Å². The molecule has 0 aliphatic heterocycles. The van der Waals surface area contributed by atoms with Gasteiger partial charge in [-0.2, -0.15) is 0 Å². The van der Waals surface area contributed by atoms with E-state index in [0.717, 1.165) is 82.1 Å². The number of carbonyl (C=O) groups is 5. The number of aromatic nitrogens is 11. The van der Waals surface area contributed by atoms with Crippen LogP contribution in [0.3, 0.4) is 0 Å². The number of benzene rings is 6. The van der Waals surface area contributed by atoms with Crippen molar-refractivity contribution in [2.45, 2.75) is 73.6 Å². The SMILES string of the molecule is CCCOc1ccc(N)c(C(N)=O)c1.CCCOc1ccc(NC(=O)c2cccnc2)c(C(N)=O)c1.CCCOc1ccc2nc(-c3cccnc3)[nH]c(=O)c2c1.CCCOc1ccc2nc(-c3cccnc3)nc(Cl)c2c1.CCCOc1ccc2nc(-c3cccnc3)nc(Nc3ccccc3C(N)=O)c2c1.CCO.O=C(Cl)c1cccnc1.O=P(Cl)(Cl)Cl.[Na+].[OH-]. The third kappa shape index (κ3) is 35.5. The number of aromatic amines is 1. The summed E-state index contributed by atoms with van der Waals surface area (Å²) >= 11 is 25.3. The molecule has 31 nitrogen and oxygen atoms in total. The Morgan fingerprint density at radius 3 is 1.27 bits per heavy atom. The second-order valence-electron chi connectivity index (χ2n) is 25.8. The van der Waals surface area contributed by atoms with Crippen LogP contribution in [0.5, 0.6) is 28.7 Å². The van der Waals surface area contributed by atoms with Gasteiger partial charge in [-0.25, -0.2) is 24.9 Å². The average Bonchev–Trinajstić information content (AvgIpc) is 0.763. The Morgan fingerprint density at radius 2 is 0.835 bits per heavy atom. The summed E-state index contributed by atoms with van der Waals surface area (Å²) in [7, 11) is 0. The van der Waals surface area contributed by atoms with Crippen LogP contribution in [0.2, 0.25) is 5.15 Å². The van der Waals surface area contributed by atoms with E-state index >= 15 is 0 Å². The first-order valence-electron chi connectivity index (χ1n) is 38.8. The number of hydrogen-bond donors (Lipinski definition) is 8. The summed E-state index contributed by atoms with van der Waals surface area (Å²) in [4.78, 5) is 114. The molecule has 8 aromatic heterocycles. The van der Waals surface area contributed by atoms with E-state index in [1.807, 2.05) is 99.6 Å². The van der Waals surface area contributed by atoms with Gasteiger partial charge in [0.25, 0.3) is 34.4 Å². The summed E-state index contributed by atoms with van der Waals surface area (Å²) in [6, 6.07) is 51.2. The van der Waals surface area contributed by atoms with Crippen molar-refractivity contribution in [2.24, 2.45) is 17.2 Å². The number of hydrogen-bond acceptors (Lipinski definition) is 26. The number of H-pyrrole nitrogens is 1. The molecule has 0 aliphatic carbocycles. The molecule has 6 aromatic carbocycles. The van der Waals surface area contributed by atoms with Crippen LogP contribution >= 0.6 is 62.1 Å². The molecule has 0 spiro atoms. The van der Waals surface area contributed by atoms with Crippen molar-refractivity contribution in [3.05, 3.63) is 281 Å². The van der Waals surface area contributed by atoms with Crippen molar-refractivity contribution in [3.8, 4) is 62.9 Å². The minimum atomic E-state index is -3.22. The van der Waals surface area contributed by atoms with E-state index in [0.29, 0.717) is 129 Å². The summed E-state index contributed by atoms with van der Waals surface area (Å²) in [5.74, 6) is 3.46. The van der Waals surface area contributed by atoms with Crippen molar-refractivity contribution >= 4 is 147 Å². The summed E-state index contributed by atoms with van der Waals surface area (Å²) in [5.41, 5.74) is 29.0. The molecular formula is C89H92Cl5N17NaO14P. The number of anilines is 4. The number of fused-ring (bicyclic) bond motifs is 3. The van der Waals surface area contributed by atoms with Crippen molar-refractivity contribution in [1.29, 1.82) is 0 Å². The van der Waals surface area contributed by atoms with Crippen LogP contribution in [0, 0.1) is 0 Å². The molecule has 0 saturated heterocycles. The standard InChI is InChI=1S/C23H21N5O2.C16H14ClN3O.C16H17N3O3.C16H15N3O2.C10H14N2O2.C6H4ClNO.C2H6O.Cl3OP.Na.H2O/c1-2-12-30-16-9-10-20-18(13-16)23(27-19-8-4-3-7-17(19)21(24)29)28-22(26-20)15-6-5-11-25-14-15;1-2-8-21-12-5-6-14-13(9-12)15(17)20-16(19-14)11-4-3-7-18-10-11;1-2-8-22-12-5-6-14(13(9-12)15(17)20)19-16(21)11-4-3-7-18-10-11;1-2-8-21-12-5-6-14-13(9-12)16(20)19-15(18-14)11-4-3-7-17-10-11;1-2-5-14-7-3-4-9(11)8(6-7)10(12)13;7-6(9)5-2-1-3-8-4-5;1-2-3;1-5(2,3)4;;/h3-11,13-14H,2,12H2,1H3,(H2,24,29)(H,26,27,28);3-7,9-10H,2,8H2,1H3;3-7,9-10H,2,8H2,1H3,(H2,17,20)(H,19,21);3-7,9-10H,2,8H2,1H3,(H,18,19,20);3-4,6H,2,5,11H2,1H3,(H2,12,13);1-4H;3H,2H2,1H3;;;1H2/q;;;;;;;;+1;/p-1. The van der Waals surface area contributed by atoms with Crippen LogP contribution in [0.4, 0.5) is 22.9 Å². The monoisotopic (exact) mass is 1850 g/mol. The number of carbonyl (C=O) groups excluding carboxylic acids is 5. The number of amides is 4. The quantitative estimate of drug-likeness (QED) is 0.00820. The van der Waals surface area contributed by atoms with Gasteiger partial charge in [0.2, 0.25) is 0 Å². The Balaban J connectivity index is 0.000000271. The van der Waals surface area contributed by atoms with E-state index in [2.05, 4.69) is 108 Å². The number of nitrogen functional groups attached to an aromatic ring is 1. The number of nitrogens with two attached hydrogens (primary N) is 4. The zero-order valence-corrected chi connectivity index (χ0v) is 76.9. The molecule has 8 heterocycles. The first-order chi connectivity index (χ1) is 60.2. The molecule has 0 aliphatic rings. The Hall–Kier alpha value is -12.4. The zero-order chi connectivity index (χ0) is 90.6. The summed E-state index contributed by atoms with van der Waals surface area (Å²) < 4.78 is 37.2. The fourth-order valence-electron chi connectivity index (χ4n) is 10.5. The van der Waals surface area contributed by atoms with E-state index in [9.17, 15) is 33.3 Å². The molecular weight excluding hydrogens is 1760 g/mol. The van der Waals surface area contributed by atoms with Crippen LogP contribution in [0.25, 0.3) is 66.9 Å². The van der Waals surface area contributed by atoms with Gasteiger partial charge in [-0.1, -0.05) is 58.4 Å². The minimum Gasteiger partial charge on any atom is -0.870 e. The van der Waals surface area contributed by atoms with Gasteiger partial charge >= 0.3 is 34.8 Å². The van der Waals surface area contributed by atoms with Gasteiger partial charge in [0, 0.05) is 102 Å². The first kappa shape index (κ1) is 105. The minimum absolute atomic E-state index is 0. The maximum Gasteiger partial charge on any atom is 1.00 e. The molecule has 14 aromatic rings. The molecule has 0 radical (unpaired) electrons. The van der Waals surface area contributed by atoms with Gasteiger partial charge in [-0.3, -0.25) is 58.3 Å². The number of para-hydroxylation sites is 1. The molecule has 658 valence electrons. The fraction of sp³-hybridized carbons (Fsp3) is 0.191. The van der Waals surface area contributed by atoms with Crippen LogP contribution in [-0.4, -0.2) is 134 Å². The number of aliphatic hydroxyl groups is 1. The van der Waals surface area contributed by atoms with Crippen LogP contribution in [0.1, 0.15) is 125 Å². The maximum absolute atomic E-state index is 12.2. The molecule has 0 atom stereocenters. The van der Waals surface area contributed by atoms with Crippen LogP contribution in [0.15, 0.2) is 243 Å². The van der Waals surface area contributed by atoms with E-state index in [1.54, 1.807) is 147 Å². The van der Waals surface area contributed by atoms with Gasteiger partial charge in [0.1, 0.15) is 45.5 Å². The number of primary amides is 3. The van der Waals surface area contributed by atoms with Crippen molar-refractivity contribution in [2.75, 3.05) is 56.0 Å². The third-order valence-electron chi connectivity index (χ3n) is 16.2. The van der Waals surface area contributed by atoms with Gasteiger partial charge in [0.05, 0.1) is 94.2 Å².